The standard InChI is InChI=1S/C21H32O2/c1-13(22)17-6-7-18-16-5-4-14-12-15(23)8-10-20(14,2)19(16)9-11-21(17,18)3/h6,14-16,18-19,23H,4-5,7-12H2,1-3H3/t14-,15?,16?,18?,19?,20?,21?/m0/s1. The molecule has 0 bridgehead atoms. The Labute approximate surface area is 140 Å². The first-order chi connectivity index (χ1) is 10.9. The first-order valence-electron chi connectivity index (χ1n) is 9.76. The number of carbonyl (C=O) groups excluding carboxylic acids is 1. The van der Waals surface area contributed by atoms with Crippen molar-refractivity contribution in [3.8, 4) is 0 Å². The molecule has 0 aromatic rings. The fraction of sp³-hybridized carbons (Fsp3) is 0.857. The molecule has 7 atom stereocenters. The lowest BCUT2D eigenvalue weighted by atomic mass is 9.44. The van der Waals surface area contributed by atoms with E-state index in [0.717, 1.165) is 42.6 Å². The smallest absolute Gasteiger partial charge is 0.156 e. The highest BCUT2D eigenvalue weighted by Crippen LogP contribution is 2.66. The van der Waals surface area contributed by atoms with Crippen LogP contribution in [-0.2, 0) is 4.79 Å². The van der Waals surface area contributed by atoms with Gasteiger partial charge in [0.25, 0.3) is 0 Å². The van der Waals surface area contributed by atoms with E-state index >= 15 is 0 Å². The molecule has 3 saturated carbocycles. The number of Topliss-reactive ketones (excluding diaryl/α,β-unsaturated/α-hetero) is 1. The summed E-state index contributed by atoms with van der Waals surface area (Å²) in [6.07, 6.45) is 11.6. The lowest BCUT2D eigenvalue weighted by molar-refractivity contribution is -0.124. The Kier molecular flexibility index (Phi) is 3.58. The van der Waals surface area contributed by atoms with Crippen LogP contribution < -0.4 is 0 Å². The number of ketones is 1. The molecule has 0 aliphatic heterocycles. The third-order valence-electron chi connectivity index (χ3n) is 8.60. The minimum atomic E-state index is -0.0593. The van der Waals surface area contributed by atoms with Crippen LogP contribution in [0.4, 0.5) is 0 Å². The van der Waals surface area contributed by atoms with E-state index in [1.54, 1.807) is 6.92 Å². The van der Waals surface area contributed by atoms with E-state index in [-0.39, 0.29) is 11.5 Å². The fourth-order valence-electron chi connectivity index (χ4n) is 7.35. The molecule has 2 nitrogen and oxygen atoms in total. The molecule has 0 amide bonds. The zero-order chi connectivity index (χ0) is 16.4. The molecule has 0 heterocycles. The second-order valence-electron chi connectivity index (χ2n) is 9.45. The minimum absolute atomic E-state index is 0.0593. The molecule has 3 fully saturated rings. The van der Waals surface area contributed by atoms with Gasteiger partial charge in [0.15, 0.2) is 5.78 Å². The average molecular weight is 316 g/mol. The molecule has 0 saturated heterocycles. The maximum absolute atomic E-state index is 12.1. The van der Waals surface area contributed by atoms with Crippen molar-refractivity contribution >= 4 is 5.78 Å². The minimum Gasteiger partial charge on any atom is -0.393 e. The first-order valence-corrected chi connectivity index (χ1v) is 9.76. The highest BCUT2D eigenvalue weighted by molar-refractivity contribution is 5.95. The van der Waals surface area contributed by atoms with Crippen molar-refractivity contribution in [1.82, 2.24) is 0 Å². The van der Waals surface area contributed by atoms with Crippen molar-refractivity contribution in [2.24, 2.45) is 34.5 Å². The molecule has 4 rings (SSSR count). The highest BCUT2D eigenvalue weighted by Gasteiger charge is 2.58. The topological polar surface area (TPSA) is 37.3 Å². The fourth-order valence-corrected chi connectivity index (χ4v) is 7.35. The molecule has 0 aromatic carbocycles. The highest BCUT2D eigenvalue weighted by atomic mass is 16.3. The number of aliphatic hydroxyl groups is 1. The Balaban J connectivity index is 1.62. The zero-order valence-electron chi connectivity index (χ0n) is 15.0. The van der Waals surface area contributed by atoms with Crippen LogP contribution in [-0.4, -0.2) is 17.0 Å². The molecular formula is C21H32O2. The van der Waals surface area contributed by atoms with Gasteiger partial charge in [0.05, 0.1) is 6.10 Å². The second-order valence-corrected chi connectivity index (χ2v) is 9.45. The van der Waals surface area contributed by atoms with Crippen molar-refractivity contribution < 1.29 is 9.90 Å². The first kappa shape index (κ1) is 15.9. The molecule has 1 N–H and O–H groups in total. The van der Waals surface area contributed by atoms with Gasteiger partial charge in [-0.15, -0.1) is 0 Å². The van der Waals surface area contributed by atoms with Gasteiger partial charge in [-0.3, -0.25) is 4.79 Å². The van der Waals surface area contributed by atoms with Gasteiger partial charge in [-0.05, 0) is 98.4 Å². The van der Waals surface area contributed by atoms with Crippen LogP contribution in [0.25, 0.3) is 0 Å². The van der Waals surface area contributed by atoms with E-state index in [9.17, 15) is 9.90 Å². The number of allylic oxidation sites excluding steroid dienone is 2. The summed E-state index contributed by atoms with van der Waals surface area (Å²) in [5.74, 6) is 3.31. The van der Waals surface area contributed by atoms with Crippen molar-refractivity contribution in [2.75, 3.05) is 0 Å². The van der Waals surface area contributed by atoms with Crippen molar-refractivity contribution in [3.05, 3.63) is 11.6 Å². The van der Waals surface area contributed by atoms with E-state index < -0.39 is 0 Å². The number of hydrogen-bond donors (Lipinski definition) is 1. The summed E-state index contributed by atoms with van der Waals surface area (Å²) >= 11 is 0. The van der Waals surface area contributed by atoms with Gasteiger partial charge in [0.1, 0.15) is 0 Å². The number of rotatable bonds is 1. The zero-order valence-corrected chi connectivity index (χ0v) is 15.0. The maximum atomic E-state index is 12.1. The van der Waals surface area contributed by atoms with Crippen LogP contribution in [0.3, 0.4) is 0 Å². The Morgan fingerprint density at radius 3 is 2.65 bits per heavy atom. The van der Waals surface area contributed by atoms with Gasteiger partial charge >= 0.3 is 0 Å². The summed E-state index contributed by atoms with van der Waals surface area (Å²) in [4.78, 5) is 12.1. The molecule has 0 aromatic heterocycles. The average Bonchev–Trinajstić information content (AvgIpc) is 2.85. The normalized spacial score (nSPS) is 52.2. The van der Waals surface area contributed by atoms with Crippen molar-refractivity contribution in [1.29, 1.82) is 0 Å². The SMILES string of the molecule is CC(=O)C1=CCC2C3CC[C@H]4CC(O)CCC4(C)C3CCC12C. The van der Waals surface area contributed by atoms with Crippen LogP contribution in [0, 0.1) is 34.5 Å². The van der Waals surface area contributed by atoms with Crippen LogP contribution in [0.5, 0.6) is 0 Å². The summed E-state index contributed by atoms with van der Waals surface area (Å²) in [5.41, 5.74) is 1.71. The Bertz CT molecular complexity index is 550. The van der Waals surface area contributed by atoms with E-state index in [1.807, 2.05) is 0 Å². The van der Waals surface area contributed by atoms with E-state index in [4.69, 9.17) is 0 Å². The van der Waals surface area contributed by atoms with Crippen LogP contribution >= 0.6 is 0 Å². The summed E-state index contributed by atoms with van der Waals surface area (Å²) in [7, 11) is 0. The lowest BCUT2D eigenvalue weighted by Crippen LogP contribution is -2.53. The molecule has 2 heteroatoms. The van der Waals surface area contributed by atoms with E-state index in [2.05, 4.69) is 19.9 Å². The predicted octanol–water partition coefficient (Wildman–Crippen LogP) is 4.52. The summed E-state index contributed by atoms with van der Waals surface area (Å²) in [6, 6.07) is 0. The Hall–Kier alpha value is -0.630. The van der Waals surface area contributed by atoms with E-state index in [1.165, 1.54) is 32.1 Å². The summed E-state index contributed by atoms with van der Waals surface area (Å²) in [5, 5.41) is 10.1. The maximum Gasteiger partial charge on any atom is 0.156 e. The third-order valence-corrected chi connectivity index (χ3v) is 8.60. The van der Waals surface area contributed by atoms with Crippen LogP contribution in [0.15, 0.2) is 11.6 Å². The molecule has 6 unspecified atom stereocenters. The number of carbonyl (C=O) groups is 1. The Morgan fingerprint density at radius 2 is 1.91 bits per heavy atom. The molecule has 4 aliphatic carbocycles. The molecule has 128 valence electrons. The van der Waals surface area contributed by atoms with Crippen LogP contribution in [0.2, 0.25) is 0 Å². The summed E-state index contributed by atoms with van der Waals surface area (Å²) in [6.45, 7) is 6.65. The van der Waals surface area contributed by atoms with E-state index in [0.29, 0.717) is 17.1 Å². The van der Waals surface area contributed by atoms with Crippen LogP contribution in [0.1, 0.15) is 72.1 Å². The molecule has 4 aliphatic rings. The summed E-state index contributed by atoms with van der Waals surface area (Å²) < 4.78 is 0. The monoisotopic (exact) mass is 316 g/mol. The van der Waals surface area contributed by atoms with Crippen molar-refractivity contribution in [2.45, 2.75) is 78.2 Å². The molecular weight excluding hydrogens is 284 g/mol. The van der Waals surface area contributed by atoms with Crippen molar-refractivity contribution in [3.63, 3.8) is 0 Å². The van der Waals surface area contributed by atoms with Gasteiger partial charge in [0, 0.05) is 0 Å². The Morgan fingerprint density at radius 1 is 1.13 bits per heavy atom. The van der Waals surface area contributed by atoms with Gasteiger partial charge < -0.3 is 5.11 Å². The third kappa shape index (κ3) is 2.13. The molecule has 0 radical (unpaired) electrons. The largest absolute Gasteiger partial charge is 0.393 e. The molecule has 0 spiro atoms. The van der Waals surface area contributed by atoms with Gasteiger partial charge in [-0.1, -0.05) is 19.9 Å². The lowest BCUT2D eigenvalue weighted by Gasteiger charge is -2.60. The second kappa shape index (κ2) is 5.18. The number of aliphatic hydroxyl groups excluding tert-OH is 1. The number of hydrogen-bond acceptors (Lipinski definition) is 2. The predicted molar refractivity (Wildman–Crippen MR) is 91.9 cm³/mol. The van der Waals surface area contributed by atoms with Gasteiger partial charge in [-0.2, -0.15) is 0 Å². The van der Waals surface area contributed by atoms with Gasteiger partial charge in [0.2, 0.25) is 0 Å². The quantitative estimate of drug-likeness (QED) is 0.772. The molecule has 23 heavy (non-hydrogen) atoms. The number of fused-ring (bicyclic) bond motifs is 5. The van der Waals surface area contributed by atoms with Gasteiger partial charge in [-0.25, -0.2) is 0 Å².